The summed E-state index contributed by atoms with van der Waals surface area (Å²) in [6, 6.07) is 0. The van der Waals surface area contributed by atoms with Crippen LogP contribution in [0.4, 0.5) is 0 Å². The number of rotatable bonds is 3. The van der Waals surface area contributed by atoms with E-state index in [1.54, 1.807) is 11.2 Å². The third kappa shape index (κ3) is 2.70. The van der Waals surface area contributed by atoms with Gasteiger partial charge in [0.15, 0.2) is 0 Å². The van der Waals surface area contributed by atoms with E-state index in [2.05, 4.69) is 30.4 Å². The zero-order chi connectivity index (χ0) is 13.3. The molecule has 0 aromatic rings. The second-order valence-corrected chi connectivity index (χ2v) is 5.10. The van der Waals surface area contributed by atoms with Gasteiger partial charge in [0, 0.05) is 6.42 Å². The summed E-state index contributed by atoms with van der Waals surface area (Å²) in [7, 11) is 0. The Kier molecular flexibility index (Phi) is 3.68. The molecule has 3 N–H and O–H groups in total. The number of ether oxygens (including phenoxy) is 1. The SMILES string of the molecule is C=C1N=C(N)N=CN1[C@H]1C[C@H](O)[C@@H](CC(C)C)O1. The summed E-state index contributed by atoms with van der Waals surface area (Å²) in [5.41, 5.74) is 5.48. The van der Waals surface area contributed by atoms with Crippen molar-refractivity contribution in [2.24, 2.45) is 21.6 Å². The minimum Gasteiger partial charge on any atom is -0.390 e. The number of hydrogen-bond donors (Lipinski definition) is 2. The first-order chi connectivity index (χ1) is 8.47. The van der Waals surface area contributed by atoms with E-state index in [-0.39, 0.29) is 18.3 Å². The first-order valence-corrected chi connectivity index (χ1v) is 6.16. The zero-order valence-corrected chi connectivity index (χ0v) is 10.8. The topological polar surface area (TPSA) is 83.4 Å². The van der Waals surface area contributed by atoms with Gasteiger partial charge in [-0.3, -0.25) is 4.90 Å². The molecule has 0 aromatic carbocycles. The number of hydrogen-bond acceptors (Lipinski definition) is 6. The molecule has 0 bridgehead atoms. The smallest absolute Gasteiger partial charge is 0.223 e. The number of aliphatic hydroxyl groups is 1. The third-order valence-corrected chi connectivity index (χ3v) is 3.07. The fourth-order valence-corrected chi connectivity index (χ4v) is 2.21. The fourth-order valence-electron chi connectivity index (χ4n) is 2.21. The Balaban J connectivity index is 2.00. The molecule has 3 atom stereocenters. The van der Waals surface area contributed by atoms with Crippen molar-refractivity contribution in [3.8, 4) is 0 Å². The average Bonchev–Trinajstić information content (AvgIpc) is 2.59. The molecule has 2 aliphatic rings. The lowest BCUT2D eigenvalue weighted by molar-refractivity contribution is -0.0351. The van der Waals surface area contributed by atoms with Crippen LogP contribution < -0.4 is 5.73 Å². The maximum absolute atomic E-state index is 9.99. The molecule has 0 saturated carbocycles. The minimum atomic E-state index is -0.457. The summed E-state index contributed by atoms with van der Waals surface area (Å²) in [4.78, 5) is 9.62. The molecule has 0 aliphatic carbocycles. The van der Waals surface area contributed by atoms with E-state index in [1.807, 2.05) is 0 Å². The summed E-state index contributed by atoms with van der Waals surface area (Å²) in [6.07, 6.45) is 2.05. The van der Waals surface area contributed by atoms with Crippen molar-refractivity contribution >= 4 is 12.3 Å². The molecule has 2 rings (SSSR count). The molecule has 2 aliphatic heterocycles. The van der Waals surface area contributed by atoms with Crippen LogP contribution in [0.25, 0.3) is 0 Å². The van der Waals surface area contributed by atoms with E-state index in [9.17, 15) is 5.11 Å². The highest BCUT2D eigenvalue weighted by Gasteiger charge is 2.38. The monoisotopic (exact) mass is 252 g/mol. The average molecular weight is 252 g/mol. The Morgan fingerprint density at radius 1 is 1.67 bits per heavy atom. The van der Waals surface area contributed by atoms with Crippen molar-refractivity contribution < 1.29 is 9.84 Å². The molecule has 0 amide bonds. The van der Waals surface area contributed by atoms with Crippen LogP contribution in [0.5, 0.6) is 0 Å². The largest absolute Gasteiger partial charge is 0.390 e. The van der Waals surface area contributed by atoms with Gasteiger partial charge >= 0.3 is 0 Å². The van der Waals surface area contributed by atoms with Crippen LogP contribution >= 0.6 is 0 Å². The molecule has 18 heavy (non-hydrogen) atoms. The van der Waals surface area contributed by atoms with Crippen LogP contribution in [0.3, 0.4) is 0 Å². The highest BCUT2D eigenvalue weighted by atomic mass is 16.5. The molecule has 6 heteroatoms. The van der Waals surface area contributed by atoms with Gasteiger partial charge in [-0.15, -0.1) is 0 Å². The van der Waals surface area contributed by atoms with E-state index < -0.39 is 6.10 Å². The van der Waals surface area contributed by atoms with Crippen LogP contribution in [-0.4, -0.2) is 40.7 Å². The zero-order valence-electron chi connectivity index (χ0n) is 10.8. The number of nitrogens with zero attached hydrogens (tertiary/aromatic N) is 3. The molecule has 0 spiro atoms. The Morgan fingerprint density at radius 3 is 3.00 bits per heavy atom. The van der Waals surface area contributed by atoms with E-state index in [0.29, 0.717) is 18.2 Å². The fraction of sp³-hybridized carbons (Fsp3) is 0.667. The highest BCUT2D eigenvalue weighted by molar-refractivity contribution is 5.89. The maximum Gasteiger partial charge on any atom is 0.223 e. The van der Waals surface area contributed by atoms with Crippen molar-refractivity contribution in [2.75, 3.05) is 0 Å². The molecule has 6 nitrogen and oxygen atoms in total. The quantitative estimate of drug-likeness (QED) is 0.772. The van der Waals surface area contributed by atoms with Gasteiger partial charge in [-0.2, -0.15) is 4.99 Å². The number of aliphatic imine (C=N–C) groups is 2. The second kappa shape index (κ2) is 5.07. The molecular weight excluding hydrogens is 232 g/mol. The van der Waals surface area contributed by atoms with Crippen molar-refractivity contribution in [1.82, 2.24) is 4.90 Å². The van der Waals surface area contributed by atoms with Crippen LogP contribution in [0.15, 0.2) is 22.4 Å². The Morgan fingerprint density at radius 2 is 2.39 bits per heavy atom. The van der Waals surface area contributed by atoms with Gasteiger partial charge in [0.1, 0.15) is 18.4 Å². The van der Waals surface area contributed by atoms with Crippen molar-refractivity contribution in [3.63, 3.8) is 0 Å². The second-order valence-electron chi connectivity index (χ2n) is 5.10. The van der Waals surface area contributed by atoms with Gasteiger partial charge in [0.2, 0.25) is 5.96 Å². The number of aliphatic hydroxyl groups excluding tert-OH is 1. The van der Waals surface area contributed by atoms with E-state index in [1.165, 1.54) is 0 Å². The van der Waals surface area contributed by atoms with Gasteiger partial charge < -0.3 is 15.6 Å². The van der Waals surface area contributed by atoms with Crippen molar-refractivity contribution in [1.29, 1.82) is 0 Å². The predicted molar refractivity (Wildman–Crippen MR) is 69.8 cm³/mol. The lowest BCUT2D eigenvalue weighted by Crippen LogP contribution is -2.36. The highest BCUT2D eigenvalue weighted by Crippen LogP contribution is 2.29. The molecular formula is C12H20N4O2. The Hall–Kier alpha value is -1.40. The van der Waals surface area contributed by atoms with Gasteiger partial charge in [-0.05, 0) is 12.3 Å². The number of guanidine groups is 1. The lowest BCUT2D eigenvalue weighted by Gasteiger charge is -2.27. The van der Waals surface area contributed by atoms with E-state index in [0.717, 1.165) is 6.42 Å². The molecule has 1 fully saturated rings. The minimum absolute atomic E-state index is 0.139. The van der Waals surface area contributed by atoms with Crippen molar-refractivity contribution in [2.45, 2.75) is 45.1 Å². The molecule has 100 valence electrons. The molecule has 0 aromatic heterocycles. The standard InChI is InChI=1S/C12H20N4O2/c1-7(2)4-10-9(17)5-11(18-10)16-6-14-12(13)15-8(16)3/h6-7,9-11,17H,3-5H2,1-2H3,(H2,13,15)/t9-,10+,11+/m0/s1. The first-order valence-electron chi connectivity index (χ1n) is 6.16. The summed E-state index contributed by atoms with van der Waals surface area (Å²) in [5, 5.41) is 9.99. The maximum atomic E-state index is 9.99. The number of nitrogens with two attached hydrogens (primary N) is 1. The Labute approximate surface area is 107 Å². The molecule has 0 unspecified atom stereocenters. The van der Waals surface area contributed by atoms with Gasteiger partial charge in [-0.25, -0.2) is 4.99 Å². The molecule has 1 saturated heterocycles. The Bertz CT molecular complexity index is 392. The first kappa shape index (κ1) is 13.0. The van der Waals surface area contributed by atoms with Crippen molar-refractivity contribution in [3.05, 3.63) is 12.4 Å². The summed E-state index contributed by atoms with van der Waals surface area (Å²) in [5.74, 6) is 1.16. The van der Waals surface area contributed by atoms with Gasteiger partial charge in [0.25, 0.3) is 0 Å². The summed E-state index contributed by atoms with van der Waals surface area (Å²) in [6.45, 7) is 8.02. The van der Waals surface area contributed by atoms with Crippen LogP contribution in [0.2, 0.25) is 0 Å². The predicted octanol–water partition coefficient (Wildman–Crippen LogP) is 0.638. The molecule has 0 radical (unpaired) electrons. The van der Waals surface area contributed by atoms with E-state index in [4.69, 9.17) is 10.5 Å². The van der Waals surface area contributed by atoms with Crippen LogP contribution in [0.1, 0.15) is 26.7 Å². The summed E-state index contributed by atoms with van der Waals surface area (Å²) < 4.78 is 5.84. The summed E-state index contributed by atoms with van der Waals surface area (Å²) >= 11 is 0. The van der Waals surface area contributed by atoms with Crippen LogP contribution in [0, 0.1) is 5.92 Å². The van der Waals surface area contributed by atoms with Gasteiger partial charge in [-0.1, -0.05) is 20.4 Å². The molecule has 2 heterocycles. The lowest BCUT2D eigenvalue weighted by atomic mass is 10.0. The third-order valence-electron chi connectivity index (χ3n) is 3.07. The van der Waals surface area contributed by atoms with Gasteiger partial charge in [0.05, 0.1) is 12.2 Å². The normalized spacial score (nSPS) is 32.2. The van der Waals surface area contributed by atoms with E-state index >= 15 is 0 Å². The van der Waals surface area contributed by atoms with Crippen LogP contribution in [-0.2, 0) is 4.74 Å².